The van der Waals surface area contributed by atoms with E-state index in [1.807, 2.05) is 0 Å². The molecule has 0 amide bonds. The summed E-state index contributed by atoms with van der Waals surface area (Å²) in [4.78, 5) is 0. The van der Waals surface area contributed by atoms with Crippen molar-refractivity contribution in [3.63, 3.8) is 0 Å². The van der Waals surface area contributed by atoms with Gasteiger partial charge in [0, 0.05) is 0 Å². The first kappa shape index (κ1) is 33.8. The highest BCUT2D eigenvalue weighted by molar-refractivity contribution is 5.49. The fraction of sp³-hybridized carbons (Fsp3) is 0.692. The second-order valence-corrected chi connectivity index (χ2v) is 12.9. The van der Waals surface area contributed by atoms with Crippen molar-refractivity contribution in [2.75, 3.05) is 26.4 Å². The van der Waals surface area contributed by atoms with Gasteiger partial charge in [-0.05, 0) is 116 Å². The van der Waals surface area contributed by atoms with Gasteiger partial charge in [0.15, 0.2) is 0 Å². The molecular weight excluding hydrogens is 532 g/mol. The van der Waals surface area contributed by atoms with Crippen LogP contribution in [0.2, 0.25) is 0 Å². The van der Waals surface area contributed by atoms with Gasteiger partial charge in [-0.15, -0.1) is 0 Å². The molecule has 4 nitrogen and oxygen atoms in total. The second-order valence-electron chi connectivity index (χ2n) is 12.9. The lowest BCUT2D eigenvalue weighted by Gasteiger charge is -2.20. The largest absolute Gasteiger partial charge is 0.493 e. The zero-order valence-electron chi connectivity index (χ0n) is 28.3. The number of aryl methyl sites for hydroxylation is 4. The molecule has 4 heteroatoms. The quantitative estimate of drug-likeness (QED) is 0.101. The van der Waals surface area contributed by atoms with Crippen molar-refractivity contribution in [3.8, 4) is 11.5 Å². The van der Waals surface area contributed by atoms with Crippen molar-refractivity contribution < 1.29 is 18.9 Å². The van der Waals surface area contributed by atoms with Crippen molar-refractivity contribution in [1.82, 2.24) is 0 Å². The molecule has 4 unspecified atom stereocenters. The van der Waals surface area contributed by atoms with Crippen LogP contribution in [-0.2, 0) is 41.6 Å². The third kappa shape index (κ3) is 9.98. The maximum Gasteiger partial charge on any atom is 0.125 e. The van der Waals surface area contributed by atoms with Gasteiger partial charge in [0.2, 0.25) is 0 Å². The highest BCUT2D eigenvalue weighted by Crippen LogP contribution is 2.33. The van der Waals surface area contributed by atoms with Gasteiger partial charge >= 0.3 is 0 Å². The molecule has 4 atom stereocenters. The molecule has 0 N–H and O–H groups in total. The summed E-state index contributed by atoms with van der Waals surface area (Å²) in [6, 6.07) is 9.57. The molecule has 0 spiro atoms. The van der Waals surface area contributed by atoms with Gasteiger partial charge < -0.3 is 18.9 Å². The van der Waals surface area contributed by atoms with Crippen LogP contribution >= 0.6 is 0 Å². The molecule has 0 aromatic heterocycles. The second kappa shape index (κ2) is 17.4. The van der Waals surface area contributed by atoms with Crippen LogP contribution in [0, 0.1) is 11.8 Å². The van der Waals surface area contributed by atoms with E-state index >= 15 is 0 Å². The Morgan fingerprint density at radius 2 is 0.930 bits per heavy atom. The number of rotatable bonds is 22. The summed E-state index contributed by atoms with van der Waals surface area (Å²) in [6.07, 6.45) is 15.5. The molecule has 2 heterocycles. The molecule has 240 valence electrons. The summed E-state index contributed by atoms with van der Waals surface area (Å²) < 4.78 is 24.2. The van der Waals surface area contributed by atoms with E-state index in [2.05, 4.69) is 65.8 Å². The minimum atomic E-state index is 0.504. The lowest BCUT2D eigenvalue weighted by Crippen LogP contribution is -2.11. The Morgan fingerprint density at radius 3 is 1.21 bits per heavy atom. The smallest absolute Gasteiger partial charge is 0.125 e. The van der Waals surface area contributed by atoms with Crippen LogP contribution in [-0.4, -0.2) is 38.6 Å². The number of benzene rings is 2. The number of hydrogen-bond acceptors (Lipinski definition) is 4. The van der Waals surface area contributed by atoms with E-state index in [0.29, 0.717) is 24.0 Å². The van der Waals surface area contributed by atoms with Crippen LogP contribution in [0.15, 0.2) is 24.3 Å². The molecule has 2 aromatic carbocycles. The molecule has 0 radical (unpaired) electrons. The number of hydrogen-bond donors (Lipinski definition) is 0. The van der Waals surface area contributed by atoms with Gasteiger partial charge in [-0.2, -0.15) is 0 Å². The molecule has 0 aliphatic carbocycles. The van der Waals surface area contributed by atoms with Gasteiger partial charge in [-0.25, -0.2) is 0 Å². The van der Waals surface area contributed by atoms with Crippen molar-refractivity contribution in [1.29, 1.82) is 0 Å². The zero-order valence-corrected chi connectivity index (χ0v) is 28.3. The van der Waals surface area contributed by atoms with Crippen LogP contribution in [0.3, 0.4) is 0 Å². The fourth-order valence-corrected chi connectivity index (χ4v) is 6.98. The molecule has 2 aliphatic heterocycles. The first-order valence-electron chi connectivity index (χ1n) is 17.8. The summed E-state index contributed by atoms with van der Waals surface area (Å²) in [5.41, 5.74) is 8.14. The Balaban J connectivity index is 1.39. The molecule has 2 fully saturated rings. The van der Waals surface area contributed by atoms with Crippen molar-refractivity contribution >= 4 is 0 Å². The Kier molecular flexibility index (Phi) is 13.7. The zero-order chi connectivity index (χ0) is 30.6. The first-order chi connectivity index (χ1) is 21.0. The summed E-state index contributed by atoms with van der Waals surface area (Å²) in [5, 5.41) is 0. The minimum Gasteiger partial charge on any atom is -0.493 e. The Hall–Kier alpha value is -2.04. The van der Waals surface area contributed by atoms with Gasteiger partial charge in [0.05, 0.1) is 38.6 Å². The average Bonchev–Trinajstić information content (AvgIpc) is 3.94. The maximum absolute atomic E-state index is 6.50. The fourth-order valence-electron chi connectivity index (χ4n) is 6.98. The summed E-state index contributed by atoms with van der Waals surface area (Å²) in [7, 11) is 0. The van der Waals surface area contributed by atoms with Gasteiger partial charge in [-0.3, -0.25) is 0 Å². The Morgan fingerprint density at radius 1 is 0.581 bits per heavy atom. The van der Waals surface area contributed by atoms with Crippen LogP contribution in [0.4, 0.5) is 0 Å². The van der Waals surface area contributed by atoms with E-state index in [9.17, 15) is 0 Å². The van der Waals surface area contributed by atoms with E-state index in [-0.39, 0.29) is 0 Å². The van der Waals surface area contributed by atoms with Crippen molar-refractivity contribution in [2.24, 2.45) is 11.8 Å². The predicted molar refractivity (Wildman–Crippen MR) is 179 cm³/mol. The third-order valence-corrected chi connectivity index (χ3v) is 9.56. The van der Waals surface area contributed by atoms with Crippen molar-refractivity contribution in [3.05, 3.63) is 57.6 Å². The van der Waals surface area contributed by atoms with E-state index in [1.165, 1.54) is 71.9 Å². The topological polar surface area (TPSA) is 43.5 Å². The number of epoxide rings is 2. The van der Waals surface area contributed by atoms with E-state index in [0.717, 1.165) is 82.9 Å². The van der Waals surface area contributed by atoms with E-state index in [1.54, 1.807) is 0 Å². The lowest BCUT2D eigenvalue weighted by molar-refractivity contribution is 0.256. The Bertz CT molecular complexity index is 979. The van der Waals surface area contributed by atoms with Crippen LogP contribution in [0.5, 0.6) is 11.5 Å². The summed E-state index contributed by atoms with van der Waals surface area (Å²) in [5.74, 6) is 3.66. The average molecular weight is 593 g/mol. The van der Waals surface area contributed by atoms with Gasteiger partial charge in [0.25, 0.3) is 0 Å². The number of ether oxygens (including phenoxy) is 4. The molecule has 2 aromatic rings. The highest BCUT2D eigenvalue weighted by atomic mass is 16.6. The monoisotopic (exact) mass is 592 g/mol. The summed E-state index contributed by atoms with van der Waals surface area (Å²) >= 11 is 0. The predicted octanol–water partition coefficient (Wildman–Crippen LogP) is 9.48. The standard InChI is InChI=1S/C39H60O4/c1-7-15-34(36-26-42-36)17-13-19-40-38-30(9-3)22-28(23-31(38)10-4)21-29-24-32(11-5)39(33(12-6)25-29)41-20-14-18-35(16-8-2)37-27-43-37/h22-25,34-37H,7-21,26-27H2,1-6H3. The minimum absolute atomic E-state index is 0.504. The van der Waals surface area contributed by atoms with Crippen molar-refractivity contribution in [2.45, 2.75) is 137 Å². The van der Waals surface area contributed by atoms with E-state index in [4.69, 9.17) is 18.9 Å². The molecule has 4 rings (SSSR count). The van der Waals surface area contributed by atoms with Gasteiger partial charge in [-0.1, -0.05) is 78.6 Å². The first-order valence-corrected chi connectivity index (χ1v) is 17.8. The molecular formula is C39H60O4. The SMILES string of the molecule is CCCC(CCCOc1c(CC)cc(Cc2cc(CC)c(OCCCC(CCC)C3CO3)c(CC)c2)cc1CC)C1CO1. The van der Waals surface area contributed by atoms with E-state index < -0.39 is 0 Å². The van der Waals surface area contributed by atoms with Crippen LogP contribution < -0.4 is 9.47 Å². The molecule has 2 aliphatic rings. The normalized spacial score (nSPS) is 18.8. The maximum atomic E-state index is 6.50. The molecule has 0 bridgehead atoms. The summed E-state index contributed by atoms with van der Waals surface area (Å²) in [6.45, 7) is 17.1. The molecule has 2 saturated heterocycles. The lowest BCUT2D eigenvalue weighted by atomic mass is 9.93. The Labute approximate surface area is 263 Å². The molecule has 0 saturated carbocycles. The van der Waals surface area contributed by atoms with Crippen LogP contribution in [0.1, 0.15) is 126 Å². The van der Waals surface area contributed by atoms with Crippen LogP contribution in [0.25, 0.3) is 0 Å². The van der Waals surface area contributed by atoms with Gasteiger partial charge in [0.1, 0.15) is 11.5 Å². The molecule has 43 heavy (non-hydrogen) atoms. The highest BCUT2D eigenvalue weighted by Gasteiger charge is 2.32. The third-order valence-electron chi connectivity index (χ3n) is 9.56.